The molecule has 1 aliphatic heterocycles. The molecule has 1 N–H and O–H groups in total. The highest BCUT2D eigenvalue weighted by molar-refractivity contribution is 5.25. The van der Waals surface area contributed by atoms with Crippen LogP contribution in [-0.4, -0.2) is 55.1 Å². The number of hydrogen-bond acceptors (Lipinski definition) is 3. The molecule has 0 aromatic heterocycles. The Labute approximate surface area is 140 Å². The molecule has 1 atom stereocenters. The average Bonchev–Trinajstić information content (AvgIpc) is 2.54. The summed E-state index contributed by atoms with van der Waals surface area (Å²) in [6.07, 6.45) is 1.14. The summed E-state index contributed by atoms with van der Waals surface area (Å²) < 4.78 is 13.6. The van der Waals surface area contributed by atoms with E-state index in [0.29, 0.717) is 11.6 Å². The van der Waals surface area contributed by atoms with Crippen LogP contribution in [0.4, 0.5) is 4.39 Å². The van der Waals surface area contributed by atoms with Crippen LogP contribution >= 0.6 is 0 Å². The third-order valence-corrected chi connectivity index (χ3v) is 4.93. The highest BCUT2D eigenvalue weighted by Gasteiger charge is 2.18. The number of nitrogens with one attached hydrogen (secondary N) is 1. The molecule has 1 fully saturated rings. The fraction of sp³-hybridized carbons (Fsp3) is 0.684. The van der Waals surface area contributed by atoms with Crippen LogP contribution < -0.4 is 5.32 Å². The van der Waals surface area contributed by atoms with Gasteiger partial charge in [-0.2, -0.15) is 0 Å². The maximum absolute atomic E-state index is 13.6. The Morgan fingerprint density at radius 2 is 1.83 bits per heavy atom. The fourth-order valence-electron chi connectivity index (χ4n) is 3.12. The van der Waals surface area contributed by atoms with Crippen LogP contribution in [0.5, 0.6) is 0 Å². The predicted octanol–water partition coefficient (Wildman–Crippen LogP) is 3.20. The molecule has 4 heteroatoms. The Hall–Kier alpha value is -0.970. The predicted molar refractivity (Wildman–Crippen MR) is 95.3 cm³/mol. The summed E-state index contributed by atoms with van der Waals surface area (Å²) in [5, 5.41) is 3.51. The van der Waals surface area contributed by atoms with Crippen molar-refractivity contribution in [2.45, 2.75) is 46.2 Å². The summed E-state index contributed by atoms with van der Waals surface area (Å²) in [5.41, 5.74) is 1.74. The van der Waals surface area contributed by atoms with Crippen LogP contribution in [0.1, 0.15) is 44.4 Å². The molecule has 1 unspecified atom stereocenters. The van der Waals surface area contributed by atoms with Gasteiger partial charge in [0.2, 0.25) is 0 Å². The van der Waals surface area contributed by atoms with Gasteiger partial charge in [-0.15, -0.1) is 0 Å². The highest BCUT2D eigenvalue weighted by Crippen LogP contribution is 2.16. The summed E-state index contributed by atoms with van der Waals surface area (Å²) >= 11 is 0. The fourth-order valence-corrected chi connectivity index (χ4v) is 3.12. The van der Waals surface area contributed by atoms with E-state index < -0.39 is 0 Å². The molecule has 0 spiro atoms. The largest absolute Gasteiger partial charge is 0.310 e. The molecule has 130 valence electrons. The summed E-state index contributed by atoms with van der Waals surface area (Å²) in [4.78, 5) is 5.10. The maximum atomic E-state index is 13.6. The number of benzene rings is 1. The van der Waals surface area contributed by atoms with Crippen molar-refractivity contribution in [2.24, 2.45) is 0 Å². The SMILES string of the molecule is Cc1ccc(C(C)NCCCN2CCN(C(C)C)CC2)cc1F. The van der Waals surface area contributed by atoms with E-state index in [0.717, 1.165) is 25.1 Å². The minimum Gasteiger partial charge on any atom is -0.310 e. The number of halogens is 1. The van der Waals surface area contributed by atoms with Crippen LogP contribution in [0.3, 0.4) is 0 Å². The van der Waals surface area contributed by atoms with E-state index in [2.05, 4.69) is 35.9 Å². The minimum atomic E-state index is -0.112. The second-order valence-electron chi connectivity index (χ2n) is 7.01. The Morgan fingerprint density at radius 3 is 2.43 bits per heavy atom. The summed E-state index contributed by atoms with van der Waals surface area (Å²) in [5.74, 6) is -0.112. The van der Waals surface area contributed by atoms with Crippen LogP contribution in [0.15, 0.2) is 18.2 Å². The number of aryl methyl sites for hydroxylation is 1. The van der Waals surface area contributed by atoms with Crippen molar-refractivity contribution in [3.63, 3.8) is 0 Å². The van der Waals surface area contributed by atoms with Gasteiger partial charge < -0.3 is 10.2 Å². The number of rotatable bonds is 7. The Kier molecular flexibility index (Phi) is 7.00. The maximum Gasteiger partial charge on any atom is 0.126 e. The van der Waals surface area contributed by atoms with Crippen molar-refractivity contribution in [1.82, 2.24) is 15.1 Å². The van der Waals surface area contributed by atoms with Gasteiger partial charge in [0.25, 0.3) is 0 Å². The molecular weight excluding hydrogens is 289 g/mol. The van der Waals surface area contributed by atoms with Crippen LogP contribution in [0, 0.1) is 12.7 Å². The molecule has 0 aliphatic carbocycles. The second kappa shape index (κ2) is 8.76. The van der Waals surface area contributed by atoms with Crippen molar-refractivity contribution < 1.29 is 4.39 Å². The smallest absolute Gasteiger partial charge is 0.126 e. The van der Waals surface area contributed by atoms with Gasteiger partial charge in [0.05, 0.1) is 0 Å². The lowest BCUT2D eigenvalue weighted by Gasteiger charge is -2.37. The second-order valence-corrected chi connectivity index (χ2v) is 7.01. The van der Waals surface area contributed by atoms with Crippen molar-refractivity contribution >= 4 is 0 Å². The zero-order chi connectivity index (χ0) is 16.8. The van der Waals surface area contributed by atoms with E-state index >= 15 is 0 Å². The lowest BCUT2D eigenvalue weighted by atomic mass is 10.1. The Balaban J connectivity index is 1.64. The zero-order valence-corrected chi connectivity index (χ0v) is 15.1. The first-order chi connectivity index (χ1) is 11.0. The number of hydrogen-bond donors (Lipinski definition) is 1. The monoisotopic (exact) mass is 321 g/mol. The van der Waals surface area contributed by atoms with Crippen LogP contribution in [0.2, 0.25) is 0 Å². The van der Waals surface area contributed by atoms with Crippen molar-refractivity contribution in [1.29, 1.82) is 0 Å². The van der Waals surface area contributed by atoms with Gasteiger partial charge in [0.15, 0.2) is 0 Å². The summed E-state index contributed by atoms with van der Waals surface area (Å²) in [7, 11) is 0. The zero-order valence-electron chi connectivity index (χ0n) is 15.1. The molecule has 0 saturated carbocycles. The molecule has 3 nitrogen and oxygen atoms in total. The minimum absolute atomic E-state index is 0.112. The van der Waals surface area contributed by atoms with Gasteiger partial charge in [0, 0.05) is 38.3 Å². The standard InChI is InChI=1S/C19H32FN3/c1-15(2)23-12-10-22(11-13-23)9-5-8-21-17(4)18-7-6-16(3)19(20)14-18/h6-7,14-15,17,21H,5,8-13H2,1-4H3. The quantitative estimate of drug-likeness (QED) is 0.778. The van der Waals surface area contributed by atoms with Gasteiger partial charge in [-0.3, -0.25) is 4.90 Å². The lowest BCUT2D eigenvalue weighted by Crippen LogP contribution is -2.49. The van der Waals surface area contributed by atoms with E-state index in [-0.39, 0.29) is 11.9 Å². The number of nitrogens with zero attached hydrogens (tertiary/aromatic N) is 2. The van der Waals surface area contributed by atoms with Gasteiger partial charge in [-0.05, 0) is 64.4 Å². The molecule has 1 aliphatic rings. The van der Waals surface area contributed by atoms with Crippen molar-refractivity contribution in [3.8, 4) is 0 Å². The molecule has 0 radical (unpaired) electrons. The molecule has 0 amide bonds. The van der Waals surface area contributed by atoms with Crippen molar-refractivity contribution in [2.75, 3.05) is 39.3 Å². The molecule has 1 saturated heterocycles. The van der Waals surface area contributed by atoms with Gasteiger partial charge in [-0.1, -0.05) is 12.1 Å². The van der Waals surface area contributed by atoms with Gasteiger partial charge in [-0.25, -0.2) is 4.39 Å². The molecule has 1 aromatic carbocycles. The molecule has 2 rings (SSSR count). The van der Waals surface area contributed by atoms with E-state index in [1.807, 2.05) is 12.1 Å². The Bertz CT molecular complexity index is 482. The summed E-state index contributed by atoms with van der Waals surface area (Å²) in [6.45, 7) is 15.3. The topological polar surface area (TPSA) is 18.5 Å². The average molecular weight is 321 g/mol. The molecule has 0 bridgehead atoms. The molecular formula is C19H32FN3. The molecule has 1 heterocycles. The Morgan fingerprint density at radius 1 is 1.13 bits per heavy atom. The first kappa shape index (κ1) is 18.4. The normalized spacial score (nSPS) is 18.5. The number of piperazine rings is 1. The van der Waals surface area contributed by atoms with Gasteiger partial charge >= 0.3 is 0 Å². The van der Waals surface area contributed by atoms with E-state index in [9.17, 15) is 4.39 Å². The van der Waals surface area contributed by atoms with Crippen LogP contribution in [-0.2, 0) is 0 Å². The highest BCUT2D eigenvalue weighted by atomic mass is 19.1. The van der Waals surface area contributed by atoms with Gasteiger partial charge in [0.1, 0.15) is 5.82 Å². The third-order valence-electron chi connectivity index (χ3n) is 4.93. The molecule has 1 aromatic rings. The first-order valence-electron chi connectivity index (χ1n) is 8.93. The first-order valence-corrected chi connectivity index (χ1v) is 8.93. The lowest BCUT2D eigenvalue weighted by molar-refractivity contribution is 0.107. The van der Waals surface area contributed by atoms with E-state index in [1.165, 1.54) is 26.2 Å². The van der Waals surface area contributed by atoms with E-state index in [1.54, 1.807) is 13.0 Å². The van der Waals surface area contributed by atoms with Crippen LogP contribution in [0.25, 0.3) is 0 Å². The summed E-state index contributed by atoms with van der Waals surface area (Å²) in [6, 6.07) is 6.38. The third kappa shape index (κ3) is 5.55. The van der Waals surface area contributed by atoms with Crippen molar-refractivity contribution in [3.05, 3.63) is 35.1 Å². The molecule has 23 heavy (non-hydrogen) atoms. The van der Waals surface area contributed by atoms with E-state index in [4.69, 9.17) is 0 Å².